The van der Waals surface area contributed by atoms with Crippen LogP contribution in [-0.4, -0.2) is 51.8 Å². The molecule has 3 heterocycles. The van der Waals surface area contributed by atoms with E-state index in [2.05, 4.69) is 17.0 Å². The normalized spacial score (nSPS) is 16.6. The van der Waals surface area contributed by atoms with Crippen LogP contribution < -0.4 is 10.5 Å². The third kappa shape index (κ3) is 4.65. The number of aryl methyl sites for hydroxylation is 3. The molecule has 1 amide bonds. The minimum atomic E-state index is 0. The summed E-state index contributed by atoms with van der Waals surface area (Å²) >= 11 is 0. The van der Waals surface area contributed by atoms with E-state index in [-0.39, 0.29) is 36.8 Å². The molecule has 2 aromatic heterocycles. The Kier molecular flexibility index (Phi) is 8.32. The first-order chi connectivity index (χ1) is 11.9. The number of rotatable bonds is 4. The van der Waals surface area contributed by atoms with Crippen LogP contribution in [-0.2, 0) is 18.3 Å². The fourth-order valence-electron chi connectivity index (χ4n) is 3.73. The Morgan fingerprint density at radius 3 is 2.67 bits per heavy atom. The molecule has 27 heavy (non-hydrogen) atoms. The van der Waals surface area contributed by atoms with Crippen LogP contribution in [0.4, 0.5) is 0 Å². The molecule has 1 aliphatic rings. The molecule has 1 atom stereocenters. The molecular formula is C18H29Cl2N5O2. The highest BCUT2D eigenvalue weighted by molar-refractivity contribution is 5.86. The number of aromatic nitrogens is 3. The number of ether oxygens (including phenoxy) is 1. The Morgan fingerprint density at radius 2 is 2.04 bits per heavy atom. The first-order valence-corrected chi connectivity index (χ1v) is 8.82. The zero-order valence-corrected chi connectivity index (χ0v) is 18.0. The van der Waals surface area contributed by atoms with E-state index in [1.807, 2.05) is 18.9 Å². The van der Waals surface area contributed by atoms with Gasteiger partial charge in [0.15, 0.2) is 5.65 Å². The maximum Gasteiger partial charge on any atom is 0.242 e. The molecule has 2 N–H and O–H groups in total. The van der Waals surface area contributed by atoms with Crippen LogP contribution in [0.1, 0.15) is 36.1 Å². The number of pyridine rings is 1. The summed E-state index contributed by atoms with van der Waals surface area (Å²) in [5, 5.41) is 5.30. The topological polar surface area (TPSA) is 86.3 Å². The van der Waals surface area contributed by atoms with Crippen molar-refractivity contribution >= 4 is 41.8 Å². The zero-order chi connectivity index (χ0) is 18.1. The number of piperidine rings is 1. The summed E-state index contributed by atoms with van der Waals surface area (Å²) in [6, 6.07) is 0.110. The highest BCUT2D eigenvalue weighted by Gasteiger charge is 2.22. The Morgan fingerprint density at radius 1 is 1.33 bits per heavy atom. The molecule has 1 saturated heterocycles. The maximum absolute atomic E-state index is 12.5. The van der Waals surface area contributed by atoms with E-state index in [1.165, 1.54) is 0 Å². The molecule has 7 nitrogen and oxygen atoms in total. The number of methoxy groups -OCH3 is 1. The van der Waals surface area contributed by atoms with E-state index < -0.39 is 0 Å². The Bertz CT molecular complexity index is 809. The Balaban J connectivity index is 0.00000182. The van der Waals surface area contributed by atoms with E-state index in [1.54, 1.807) is 11.8 Å². The van der Waals surface area contributed by atoms with Gasteiger partial charge >= 0.3 is 0 Å². The second kappa shape index (κ2) is 9.57. The smallest absolute Gasteiger partial charge is 0.242 e. The lowest BCUT2D eigenvalue weighted by molar-refractivity contribution is -0.132. The molecule has 0 bridgehead atoms. The van der Waals surface area contributed by atoms with Crippen LogP contribution in [0.15, 0.2) is 0 Å². The molecule has 2 aromatic rings. The van der Waals surface area contributed by atoms with Gasteiger partial charge in [0.25, 0.3) is 0 Å². The molecule has 3 rings (SSSR count). The third-order valence-electron chi connectivity index (χ3n) is 5.12. The van der Waals surface area contributed by atoms with Crippen molar-refractivity contribution in [2.45, 2.75) is 45.6 Å². The molecule has 152 valence electrons. The number of nitrogens with two attached hydrogens (primary N) is 1. The quantitative estimate of drug-likeness (QED) is 0.824. The predicted molar refractivity (Wildman–Crippen MR) is 111 cm³/mol. The Hall–Kier alpha value is -1.57. The van der Waals surface area contributed by atoms with Gasteiger partial charge in [-0.2, -0.15) is 0 Å². The molecule has 1 fully saturated rings. The van der Waals surface area contributed by atoms with E-state index >= 15 is 0 Å². The van der Waals surface area contributed by atoms with Crippen LogP contribution in [0, 0.1) is 13.8 Å². The van der Waals surface area contributed by atoms with Crippen LogP contribution in [0.5, 0.6) is 5.88 Å². The highest BCUT2D eigenvalue weighted by atomic mass is 35.5. The molecule has 0 aromatic carbocycles. The molecular weight excluding hydrogens is 389 g/mol. The largest absolute Gasteiger partial charge is 0.479 e. The summed E-state index contributed by atoms with van der Waals surface area (Å²) in [7, 11) is 3.48. The van der Waals surface area contributed by atoms with E-state index in [9.17, 15) is 4.79 Å². The van der Waals surface area contributed by atoms with E-state index in [0.29, 0.717) is 25.3 Å². The van der Waals surface area contributed by atoms with Crippen LogP contribution in [0.2, 0.25) is 0 Å². The average Bonchev–Trinajstić information content (AvgIpc) is 2.90. The van der Waals surface area contributed by atoms with Crippen LogP contribution in [0.25, 0.3) is 11.0 Å². The van der Waals surface area contributed by atoms with Gasteiger partial charge in [0, 0.05) is 38.3 Å². The van der Waals surface area contributed by atoms with Crippen molar-refractivity contribution in [1.29, 1.82) is 0 Å². The van der Waals surface area contributed by atoms with E-state index in [0.717, 1.165) is 47.2 Å². The Labute approximate surface area is 172 Å². The summed E-state index contributed by atoms with van der Waals surface area (Å²) in [5.74, 6) is 0.754. The SMILES string of the molecule is COc1nn(C)c2nc(C)c(CCC(=O)N3CCCC(N)C3)c(C)c12.Cl.Cl. The number of carbonyl (C=O) groups excluding carboxylic acids is 1. The maximum atomic E-state index is 12.5. The van der Waals surface area contributed by atoms with Crippen molar-refractivity contribution in [1.82, 2.24) is 19.7 Å². The fourth-order valence-corrected chi connectivity index (χ4v) is 3.73. The summed E-state index contributed by atoms with van der Waals surface area (Å²) in [4.78, 5) is 19.1. The van der Waals surface area contributed by atoms with Gasteiger partial charge in [-0.05, 0) is 44.2 Å². The first-order valence-electron chi connectivity index (χ1n) is 8.82. The molecule has 0 radical (unpaired) electrons. The van der Waals surface area contributed by atoms with Gasteiger partial charge in [0.05, 0.1) is 12.5 Å². The molecule has 0 saturated carbocycles. The zero-order valence-electron chi connectivity index (χ0n) is 16.3. The summed E-state index contributed by atoms with van der Waals surface area (Å²) in [6.45, 7) is 5.53. The van der Waals surface area contributed by atoms with Crippen molar-refractivity contribution in [2.24, 2.45) is 12.8 Å². The summed E-state index contributed by atoms with van der Waals surface area (Å²) in [6.07, 6.45) is 3.14. The first kappa shape index (κ1) is 23.5. The minimum Gasteiger partial charge on any atom is -0.479 e. The number of hydrogen-bond donors (Lipinski definition) is 1. The minimum absolute atomic E-state index is 0. The second-order valence-electron chi connectivity index (χ2n) is 6.87. The average molecular weight is 418 g/mol. The molecule has 1 unspecified atom stereocenters. The van der Waals surface area contributed by atoms with Crippen molar-refractivity contribution in [3.63, 3.8) is 0 Å². The number of nitrogens with zero attached hydrogens (tertiary/aromatic N) is 4. The number of fused-ring (bicyclic) bond motifs is 1. The number of likely N-dealkylation sites (tertiary alicyclic amines) is 1. The number of halogens is 2. The monoisotopic (exact) mass is 417 g/mol. The summed E-state index contributed by atoms with van der Waals surface area (Å²) in [5.41, 5.74) is 9.94. The number of amides is 1. The third-order valence-corrected chi connectivity index (χ3v) is 5.12. The van der Waals surface area contributed by atoms with Gasteiger partial charge in [-0.15, -0.1) is 29.9 Å². The van der Waals surface area contributed by atoms with Gasteiger partial charge in [-0.3, -0.25) is 4.79 Å². The highest BCUT2D eigenvalue weighted by Crippen LogP contribution is 2.30. The lowest BCUT2D eigenvalue weighted by Crippen LogP contribution is -2.45. The van der Waals surface area contributed by atoms with E-state index in [4.69, 9.17) is 10.5 Å². The summed E-state index contributed by atoms with van der Waals surface area (Å²) < 4.78 is 7.13. The van der Waals surface area contributed by atoms with Gasteiger partial charge in [-0.25, -0.2) is 9.67 Å². The van der Waals surface area contributed by atoms with Crippen molar-refractivity contribution in [3.8, 4) is 5.88 Å². The predicted octanol–water partition coefficient (Wildman–Crippen LogP) is 2.32. The lowest BCUT2D eigenvalue weighted by atomic mass is 9.99. The molecule has 1 aliphatic heterocycles. The number of carbonyl (C=O) groups is 1. The van der Waals surface area contributed by atoms with Gasteiger partial charge in [0.2, 0.25) is 11.8 Å². The van der Waals surface area contributed by atoms with Crippen molar-refractivity contribution in [2.75, 3.05) is 20.2 Å². The molecule has 0 aliphatic carbocycles. The van der Waals surface area contributed by atoms with Gasteiger partial charge in [-0.1, -0.05) is 0 Å². The standard InChI is InChI=1S/C18H27N5O2.2ClH/c1-11-14(7-8-15(24)23-9-5-6-13(19)10-23)12(2)20-17-16(11)18(25-4)21-22(17)3;;/h13H,5-10,19H2,1-4H3;2*1H. The molecule has 0 spiro atoms. The van der Waals surface area contributed by atoms with Crippen molar-refractivity contribution < 1.29 is 9.53 Å². The molecule has 9 heteroatoms. The number of hydrogen-bond acceptors (Lipinski definition) is 5. The lowest BCUT2D eigenvalue weighted by Gasteiger charge is -2.31. The van der Waals surface area contributed by atoms with Crippen LogP contribution in [0.3, 0.4) is 0 Å². The second-order valence-corrected chi connectivity index (χ2v) is 6.87. The van der Waals surface area contributed by atoms with Crippen molar-refractivity contribution in [3.05, 3.63) is 16.8 Å². The van der Waals surface area contributed by atoms with Crippen LogP contribution >= 0.6 is 24.8 Å². The van der Waals surface area contributed by atoms with Gasteiger partial charge in [0.1, 0.15) is 0 Å². The fraction of sp³-hybridized carbons (Fsp3) is 0.611. The van der Waals surface area contributed by atoms with Gasteiger partial charge < -0.3 is 15.4 Å².